The number of hydrogen-bond donors (Lipinski definition) is 1. The van der Waals surface area contributed by atoms with Crippen molar-refractivity contribution in [1.29, 1.82) is 5.26 Å². The highest BCUT2D eigenvalue weighted by Crippen LogP contribution is 2.45. The molecule has 39 heavy (non-hydrogen) atoms. The minimum atomic E-state index is -4.59. The monoisotopic (exact) mass is 567 g/mol. The van der Waals surface area contributed by atoms with Crippen LogP contribution in [0.1, 0.15) is 39.3 Å². The number of halogens is 5. The number of benzene rings is 3. The topological polar surface area (TPSA) is 75.0 Å². The van der Waals surface area contributed by atoms with Crippen molar-refractivity contribution in [3.05, 3.63) is 116 Å². The molecule has 1 unspecified atom stereocenters. The van der Waals surface area contributed by atoms with Crippen molar-refractivity contribution < 1.29 is 22.7 Å². The van der Waals surface area contributed by atoms with Crippen molar-refractivity contribution in [3.8, 4) is 17.2 Å². The average Bonchev–Trinajstić information content (AvgIpc) is 2.92. The van der Waals surface area contributed by atoms with Gasteiger partial charge in [0.15, 0.2) is 5.82 Å². The van der Waals surface area contributed by atoms with Gasteiger partial charge in [0.1, 0.15) is 18.2 Å². The van der Waals surface area contributed by atoms with Crippen LogP contribution in [0.5, 0.6) is 0 Å². The molecule has 0 saturated heterocycles. The number of aromatic nitrogens is 1. The Balaban J connectivity index is 1.44. The third-order valence-electron chi connectivity index (χ3n) is 6.55. The number of rotatable bonds is 4. The maximum atomic E-state index is 13.3. The van der Waals surface area contributed by atoms with Crippen LogP contribution in [0, 0.1) is 11.3 Å². The van der Waals surface area contributed by atoms with Crippen LogP contribution in [-0.4, -0.2) is 11.1 Å². The Morgan fingerprint density at radius 3 is 2.56 bits per heavy atom. The lowest BCUT2D eigenvalue weighted by Crippen LogP contribution is -2.19. The number of hydrogen-bond acceptors (Lipinski definition) is 4. The first-order chi connectivity index (χ1) is 18.7. The lowest BCUT2D eigenvalue weighted by molar-refractivity contribution is -0.138. The number of nitrogens with one attached hydrogen (secondary N) is 1. The molecule has 0 radical (unpaired) electrons. The smallest absolute Gasteiger partial charge is 0.416 e. The zero-order valence-corrected chi connectivity index (χ0v) is 21.5. The number of ether oxygens (including phenoxy) is 1. The zero-order valence-electron chi connectivity index (χ0n) is 20.0. The number of alkyl halides is 3. The van der Waals surface area contributed by atoms with Gasteiger partial charge in [-0.3, -0.25) is 5.32 Å². The molecule has 4 aromatic rings. The van der Waals surface area contributed by atoms with Crippen LogP contribution in [0.3, 0.4) is 0 Å². The summed E-state index contributed by atoms with van der Waals surface area (Å²) in [5.74, 6) is -0.123. The summed E-state index contributed by atoms with van der Waals surface area (Å²) in [6.45, 7) is -0.609. The van der Waals surface area contributed by atoms with E-state index in [1.807, 2.05) is 36.4 Å². The summed E-state index contributed by atoms with van der Waals surface area (Å²) < 4.78 is 44.8. The van der Waals surface area contributed by atoms with Crippen LogP contribution in [0.25, 0.3) is 11.1 Å². The highest BCUT2D eigenvalue weighted by Gasteiger charge is 2.33. The van der Waals surface area contributed by atoms with Crippen LogP contribution in [0.15, 0.2) is 72.9 Å². The first kappa shape index (κ1) is 26.5. The molecule has 1 atom stereocenters. The number of anilines is 1. The summed E-state index contributed by atoms with van der Waals surface area (Å²) in [6.07, 6.45) is -3.53. The molecule has 0 fully saturated rings. The van der Waals surface area contributed by atoms with Gasteiger partial charge >= 0.3 is 12.3 Å². The average molecular weight is 568 g/mol. The Hall–Kier alpha value is -4.06. The summed E-state index contributed by atoms with van der Waals surface area (Å²) in [5.41, 5.74) is 3.16. The van der Waals surface area contributed by atoms with Crippen LogP contribution in [-0.2, 0) is 23.9 Å². The highest BCUT2D eigenvalue weighted by molar-refractivity contribution is 6.42. The number of amides is 1. The fourth-order valence-electron chi connectivity index (χ4n) is 4.80. The maximum absolute atomic E-state index is 13.3. The molecule has 0 bridgehead atoms. The summed E-state index contributed by atoms with van der Waals surface area (Å²) in [6, 6.07) is 20.0. The summed E-state index contributed by atoms with van der Waals surface area (Å²) >= 11 is 12.4. The van der Waals surface area contributed by atoms with E-state index in [1.165, 1.54) is 18.2 Å². The standard InChI is InChI=1S/C29H18Cl2F3N3O2/c30-24-10-9-16(12-25(24)31)21-11-18-14-36-27(22(13-35)26(18)20-7-3-2-6-19(20)21)37-28(38)39-15-17-5-1-4-8-23(17)29(32,33)34/h1-10,12,14,21H,11,15H2,(H,36,37,38). The predicted molar refractivity (Wildman–Crippen MR) is 142 cm³/mol. The Bertz CT molecular complexity index is 1630. The number of nitriles is 1. The molecule has 1 aliphatic carbocycles. The van der Waals surface area contributed by atoms with Gasteiger partial charge in [-0.25, -0.2) is 9.78 Å². The molecule has 1 heterocycles. The van der Waals surface area contributed by atoms with Gasteiger partial charge in [0.2, 0.25) is 0 Å². The number of fused-ring (bicyclic) bond motifs is 3. The molecule has 5 nitrogen and oxygen atoms in total. The van der Waals surface area contributed by atoms with E-state index in [0.29, 0.717) is 22.0 Å². The molecule has 5 rings (SSSR count). The minimum absolute atomic E-state index is 0.0480. The molecule has 0 saturated carbocycles. The Kier molecular flexibility index (Phi) is 7.21. The van der Waals surface area contributed by atoms with Gasteiger partial charge in [-0.1, -0.05) is 71.7 Å². The van der Waals surface area contributed by atoms with E-state index in [4.69, 9.17) is 27.9 Å². The molecule has 3 aromatic carbocycles. The van der Waals surface area contributed by atoms with Crippen LogP contribution >= 0.6 is 23.2 Å². The van der Waals surface area contributed by atoms with Crippen molar-refractivity contribution in [2.75, 3.05) is 5.32 Å². The summed E-state index contributed by atoms with van der Waals surface area (Å²) in [4.78, 5) is 16.8. The van der Waals surface area contributed by atoms with Crippen molar-refractivity contribution >= 4 is 35.1 Å². The van der Waals surface area contributed by atoms with E-state index in [0.717, 1.165) is 28.3 Å². The second kappa shape index (κ2) is 10.6. The van der Waals surface area contributed by atoms with Gasteiger partial charge in [0, 0.05) is 23.2 Å². The molecule has 196 valence electrons. The quantitative estimate of drug-likeness (QED) is 0.268. The third-order valence-corrected chi connectivity index (χ3v) is 7.29. The number of carbonyl (C=O) groups excluding carboxylic acids is 1. The molecular formula is C29H18Cl2F3N3O2. The highest BCUT2D eigenvalue weighted by atomic mass is 35.5. The van der Waals surface area contributed by atoms with Crippen molar-refractivity contribution in [2.24, 2.45) is 0 Å². The largest absolute Gasteiger partial charge is 0.444 e. The summed E-state index contributed by atoms with van der Waals surface area (Å²) in [7, 11) is 0. The van der Waals surface area contributed by atoms with Gasteiger partial charge in [-0.05, 0) is 46.9 Å². The van der Waals surface area contributed by atoms with E-state index in [1.54, 1.807) is 12.3 Å². The van der Waals surface area contributed by atoms with Crippen molar-refractivity contribution in [1.82, 2.24) is 4.98 Å². The van der Waals surface area contributed by atoms with Crippen LogP contribution in [0.4, 0.5) is 23.8 Å². The van der Waals surface area contributed by atoms with E-state index in [9.17, 15) is 23.2 Å². The lowest BCUT2D eigenvalue weighted by Gasteiger charge is -2.29. The van der Waals surface area contributed by atoms with Crippen LogP contribution < -0.4 is 5.32 Å². The molecule has 1 aromatic heterocycles. The molecule has 0 spiro atoms. The second-order valence-electron chi connectivity index (χ2n) is 8.87. The van der Waals surface area contributed by atoms with Gasteiger partial charge < -0.3 is 4.74 Å². The molecular weight excluding hydrogens is 550 g/mol. The number of carbonyl (C=O) groups is 1. The van der Waals surface area contributed by atoms with Crippen molar-refractivity contribution in [2.45, 2.75) is 25.1 Å². The second-order valence-corrected chi connectivity index (χ2v) is 9.68. The van der Waals surface area contributed by atoms with E-state index in [-0.39, 0.29) is 22.9 Å². The van der Waals surface area contributed by atoms with Gasteiger partial charge in [-0.15, -0.1) is 0 Å². The SMILES string of the molecule is N#Cc1c(NC(=O)OCc2ccccc2C(F)(F)F)ncc2c1-c1ccccc1C(c1ccc(Cl)c(Cl)c1)C2. The Morgan fingerprint density at radius 2 is 1.82 bits per heavy atom. The molecule has 1 amide bonds. The third kappa shape index (κ3) is 5.29. The van der Waals surface area contributed by atoms with Gasteiger partial charge in [-0.2, -0.15) is 18.4 Å². The normalized spacial score (nSPS) is 14.1. The van der Waals surface area contributed by atoms with E-state index >= 15 is 0 Å². The Labute approximate surface area is 231 Å². The van der Waals surface area contributed by atoms with Gasteiger partial charge in [0.05, 0.1) is 15.6 Å². The molecule has 1 aliphatic rings. The molecule has 1 N–H and O–H groups in total. The zero-order chi connectivity index (χ0) is 27.7. The number of nitrogens with zero attached hydrogens (tertiary/aromatic N) is 2. The van der Waals surface area contributed by atoms with Crippen molar-refractivity contribution in [3.63, 3.8) is 0 Å². The number of pyridine rings is 1. The van der Waals surface area contributed by atoms with E-state index < -0.39 is 24.4 Å². The summed E-state index contributed by atoms with van der Waals surface area (Å²) in [5, 5.41) is 13.4. The van der Waals surface area contributed by atoms with E-state index in [2.05, 4.69) is 16.4 Å². The lowest BCUT2D eigenvalue weighted by atomic mass is 9.75. The first-order valence-corrected chi connectivity index (χ1v) is 12.5. The van der Waals surface area contributed by atoms with Crippen LogP contribution in [0.2, 0.25) is 10.0 Å². The Morgan fingerprint density at radius 1 is 1.08 bits per heavy atom. The van der Waals surface area contributed by atoms with Gasteiger partial charge in [0.25, 0.3) is 0 Å². The minimum Gasteiger partial charge on any atom is -0.444 e. The predicted octanol–water partition coefficient (Wildman–Crippen LogP) is 8.38. The molecule has 10 heteroatoms. The fourth-order valence-corrected chi connectivity index (χ4v) is 5.11. The maximum Gasteiger partial charge on any atom is 0.416 e. The molecule has 0 aliphatic heterocycles. The first-order valence-electron chi connectivity index (χ1n) is 11.7. The fraction of sp³-hybridized carbons (Fsp3) is 0.138.